The smallest absolute Gasteiger partial charge is 0.132 e. The van der Waals surface area contributed by atoms with Crippen LogP contribution < -0.4 is 10.6 Å². The van der Waals surface area contributed by atoms with Crippen LogP contribution in [0.1, 0.15) is 53.8 Å². The van der Waals surface area contributed by atoms with Gasteiger partial charge < -0.3 is 10.6 Å². The second-order valence-electron chi connectivity index (χ2n) is 6.48. The first-order valence-corrected chi connectivity index (χ1v) is 7.72. The molecule has 1 unspecified atom stereocenters. The van der Waals surface area contributed by atoms with Crippen molar-refractivity contribution in [1.82, 2.24) is 9.97 Å². The zero-order chi connectivity index (χ0) is 15.2. The Balaban J connectivity index is 2.73. The molecule has 4 heteroatoms. The maximum Gasteiger partial charge on any atom is 0.132 e. The maximum absolute atomic E-state index is 4.55. The van der Waals surface area contributed by atoms with E-state index in [0.717, 1.165) is 43.4 Å². The molecule has 0 saturated heterocycles. The minimum absolute atomic E-state index is 0.302. The first kappa shape index (κ1) is 16.7. The van der Waals surface area contributed by atoms with Crippen LogP contribution in [0.15, 0.2) is 6.07 Å². The van der Waals surface area contributed by atoms with Crippen molar-refractivity contribution < 1.29 is 0 Å². The fourth-order valence-electron chi connectivity index (χ4n) is 1.65. The van der Waals surface area contributed by atoms with Crippen molar-refractivity contribution >= 4 is 11.6 Å². The highest BCUT2D eigenvalue weighted by atomic mass is 15.1. The van der Waals surface area contributed by atoms with Crippen LogP contribution in [0.3, 0.4) is 0 Å². The van der Waals surface area contributed by atoms with E-state index in [1.165, 1.54) is 0 Å². The molecule has 0 fully saturated rings. The van der Waals surface area contributed by atoms with E-state index in [1.807, 2.05) is 6.07 Å². The lowest BCUT2D eigenvalue weighted by Crippen LogP contribution is -2.25. The van der Waals surface area contributed by atoms with Gasteiger partial charge in [0.15, 0.2) is 0 Å². The first-order valence-electron chi connectivity index (χ1n) is 7.72. The summed E-state index contributed by atoms with van der Waals surface area (Å²) in [6, 6.07) is 2.00. The largest absolute Gasteiger partial charge is 0.370 e. The molecule has 0 amide bonds. The van der Waals surface area contributed by atoms with Crippen LogP contribution in [0.2, 0.25) is 0 Å². The SMILES string of the molecule is CCCNc1cc(NCC(C)C(C)(C)C)nc(CC)n1. The van der Waals surface area contributed by atoms with Gasteiger partial charge in [0.25, 0.3) is 0 Å². The predicted molar refractivity (Wildman–Crippen MR) is 87.3 cm³/mol. The molecular formula is C16H30N4. The molecule has 2 N–H and O–H groups in total. The molecule has 0 aliphatic carbocycles. The average Bonchev–Trinajstić information content (AvgIpc) is 2.41. The molecule has 0 aromatic carbocycles. The van der Waals surface area contributed by atoms with Crippen LogP contribution >= 0.6 is 0 Å². The molecule has 20 heavy (non-hydrogen) atoms. The van der Waals surface area contributed by atoms with Gasteiger partial charge in [-0.05, 0) is 17.8 Å². The topological polar surface area (TPSA) is 49.8 Å². The number of aryl methyl sites for hydroxylation is 1. The van der Waals surface area contributed by atoms with Crippen LogP contribution in [0.4, 0.5) is 11.6 Å². The summed E-state index contributed by atoms with van der Waals surface area (Å²) in [6.07, 6.45) is 1.94. The van der Waals surface area contributed by atoms with Crippen molar-refractivity contribution in [2.24, 2.45) is 11.3 Å². The summed E-state index contributed by atoms with van der Waals surface area (Å²) in [7, 11) is 0. The number of hydrogen-bond acceptors (Lipinski definition) is 4. The van der Waals surface area contributed by atoms with Crippen LogP contribution in [0, 0.1) is 11.3 Å². The zero-order valence-electron chi connectivity index (χ0n) is 13.9. The van der Waals surface area contributed by atoms with Crippen LogP contribution in [-0.4, -0.2) is 23.1 Å². The molecule has 0 radical (unpaired) electrons. The minimum atomic E-state index is 0.302. The number of nitrogens with one attached hydrogen (secondary N) is 2. The van der Waals surface area contributed by atoms with Crippen molar-refractivity contribution in [2.45, 2.75) is 54.4 Å². The number of anilines is 2. The monoisotopic (exact) mass is 278 g/mol. The van der Waals surface area contributed by atoms with Gasteiger partial charge in [-0.15, -0.1) is 0 Å². The van der Waals surface area contributed by atoms with Gasteiger partial charge in [0.2, 0.25) is 0 Å². The fraction of sp³-hybridized carbons (Fsp3) is 0.750. The van der Waals surface area contributed by atoms with Gasteiger partial charge in [-0.3, -0.25) is 0 Å². The molecule has 0 aliphatic heterocycles. The molecule has 1 rings (SSSR count). The molecule has 1 heterocycles. The van der Waals surface area contributed by atoms with Crippen molar-refractivity contribution in [3.8, 4) is 0 Å². The standard InChI is InChI=1S/C16H30N4/c1-7-9-17-14-10-15(20-13(8-2)19-14)18-11-12(3)16(4,5)6/h10,12H,7-9,11H2,1-6H3,(H2,17,18,19,20). The summed E-state index contributed by atoms with van der Waals surface area (Å²) in [6.45, 7) is 15.2. The zero-order valence-corrected chi connectivity index (χ0v) is 13.9. The Bertz CT molecular complexity index is 409. The summed E-state index contributed by atoms with van der Waals surface area (Å²) in [5, 5.41) is 6.79. The predicted octanol–water partition coefficient (Wildman–Crippen LogP) is 3.96. The summed E-state index contributed by atoms with van der Waals surface area (Å²) >= 11 is 0. The highest BCUT2D eigenvalue weighted by molar-refractivity contribution is 5.47. The van der Waals surface area contributed by atoms with E-state index in [2.05, 4.69) is 62.1 Å². The van der Waals surface area contributed by atoms with E-state index < -0.39 is 0 Å². The third-order valence-electron chi connectivity index (χ3n) is 3.71. The number of aromatic nitrogens is 2. The van der Waals surface area contributed by atoms with Gasteiger partial charge in [0.1, 0.15) is 17.5 Å². The Kier molecular flexibility index (Phi) is 6.24. The molecule has 0 saturated carbocycles. The Morgan fingerprint density at radius 3 is 2.20 bits per heavy atom. The minimum Gasteiger partial charge on any atom is -0.370 e. The summed E-state index contributed by atoms with van der Waals surface area (Å²) in [5.41, 5.74) is 0.302. The second-order valence-corrected chi connectivity index (χ2v) is 6.48. The Hall–Kier alpha value is -1.32. The molecule has 114 valence electrons. The van der Waals surface area contributed by atoms with Crippen molar-refractivity contribution in [2.75, 3.05) is 23.7 Å². The third-order valence-corrected chi connectivity index (χ3v) is 3.71. The van der Waals surface area contributed by atoms with Crippen molar-refractivity contribution in [3.63, 3.8) is 0 Å². The molecule has 0 bridgehead atoms. The molecule has 1 aromatic rings. The van der Waals surface area contributed by atoms with Gasteiger partial charge in [0, 0.05) is 25.6 Å². The van der Waals surface area contributed by atoms with Gasteiger partial charge in [0.05, 0.1) is 0 Å². The quantitative estimate of drug-likeness (QED) is 0.792. The maximum atomic E-state index is 4.55. The summed E-state index contributed by atoms with van der Waals surface area (Å²) in [5.74, 6) is 3.31. The highest BCUT2D eigenvalue weighted by Gasteiger charge is 2.19. The van der Waals surface area contributed by atoms with E-state index >= 15 is 0 Å². The van der Waals surface area contributed by atoms with E-state index in [-0.39, 0.29) is 0 Å². The number of nitrogens with zero attached hydrogens (tertiary/aromatic N) is 2. The van der Waals surface area contributed by atoms with E-state index in [0.29, 0.717) is 11.3 Å². The summed E-state index contributed by atoms with van der Waals surface area (Å²) in [4.78, 5) is 9.05. The first-order chi connectivity index (χ1) is 9.36. The summed E-state index contributed by atoms with van der Waals surface area (Å²) < 4.78 is 0. The fourth-order valence-corrected chi connectivity index (χ4v) is 1.65. The lowest BCUT2D eigenvalue weighted by molar-refractivity contribution is 0.274. The molecule has 1 atom stereocenters. The van der Waals surface area contributed by atoms with Gasteiger partial charge in [-0.25, -0.2) is 9.97 Å². The number of hydrogen-bond donors (Lipinski definition) is 2. The molecule has 0 aliphatic rings. The van der Waals surface area contributed by atoms with Gasteiger partial charge >= 0.3 is 0 Å². The van der Waals surface area contributed by atoms with E-state index in [4.69, 9.17) is 0 Å². The highest BCUT2D eigenvalue weighted by Crippen LogP contribution is 2.25. The van der Waals surface area contributed by atoms with Crippen LogP contribution in [0.5, 0.6) is 0 Å². The van der Waals surface area contributed by atoms with E-state index in [1.54, 1.807) is 0 Å². The normalized spacial score (nSPS) is 13.1. The van der Waals surface area contributed by atoms with Crippen molar-refractivity contribution in [3.05, 3.63) is 11.9 Å². The Morgan fingerprint density at radius 1 is 1.10 bits per heavy atom. The second kappa shape index (κ2) is 7.46. The van der Waals surface area contributed by atoms with Crippen LogP contribution in [-0.2, 0) is 6.42 Å². The van der Waals surface area contributed by atoms with Crippen molar-refractivity contribution in [1.29, 1.82) is 0 Å². The lowest BCUT2D eigenvalue weighted by Gasteiger charge is -2.27. The van der Waals surface area contributed by atoms with Gasteiger partial charge in [-0.2, -0.15) is 0 Å². The average molecular weight is 278 g/mol. The molecule has 0 spiro atoms. The third kappa shape index (κ3) is 5.35. The van der Waals surface area contributed by atoms with E-state index in [9.17, 15) is 0 Å². The molecular weight excluding hydrogens is 248 g/mol. The lowest BCUT2D eigenvalue weighted by atomic mass is 9.82. The Labute approximate surface area is 123 Å². The molecule has 1 aromatic heterocycles. The van der Waals surface area contributed by atoms with Gasteiger partial charge in [-0.1, -0.05) is 41.5 Å². The molecule has 4 nitrogen and oxygen atoms in total. The van der Waals surface area contributed by atoms with Crippen LogP contribution in [0.25, 0.3) is 0 Å². The Morgan fingerprint density at radius 2 is 1.70 bits per heavy atom. The number of rotatable bonds is 7.